The van der Waals surface area contributed by atoms with Crippen LogP contribution < -0.4 is 0 Å². The highest BCUT2D eigenvalue weighted by atomic mass is 16.6. The summed E-state index contributed by atoms with van der Waals surface area (Å²) in [6.07, 6.45) is -1.64. The molecule has 3 N–H and O–H groups in total. The van der Waals surface area contributed by atoms with E-state index in [-0.39, 0.29) is 18.9 Å². The molecule has 2 heterocycles. The number of carbonyl (C=O) groups excluding carboxylic acids is 2. The molecule has 2 saturated heterocycles. The molecule has 0 aromatic carbocycles. The summed E-state index contributed by atoms with van der Waals surface area (Å²) < 4.78 is 10.2. The first-order valence-corrected chi connectivity index (χ1v) is 7.66. The number of rotatable bonds is 0. The fraction of sp³-hybridized carbons (Fsp3) is 0.867. The van der Waals surface area contributed by atoms with Crippen LogP contribution in [0.15, 0.2) is 0 Å². The Balaban J connectivity index is 2.01. The third kappa shape index (κ3) is 1.07. The first kappa shape index (κ1) is 14.4. The third-order valence-corrected chi connectivity index (χ3v) is 7.10. The topological polar surface area (TPSA) is 113 Å². The maximum absolute atomic E-state index is 12.2. The van der Waals surface area contributed by atoms with Crippen LogP contribution >= 0.6 is 0 Å². The van der Waals surface area contributed by atoms with Gasteiger partial charge in [-0.15, -0.1) is 0 Å². The smallest absolute Gasteiger partial charge is 0.342 e. The summed E-state index contributed by atoms with van der Waals surface area (Å²) in [5, 5.41) is 33.1. The molecular formula is C15H20O7. The number of aliphatic hydroxyl groups excluding tert-OH is 1. The Labute approximate surface area is 127 Å². The van der Waals surface area contributed by atoms with Gasteiger partial charge in [0.15, 0.2) is 6.10 Å². The van der Waals surface area contributed by atoms with Crippen molar-refractivity contribution in [2.75, 3.05) is 6.61 Å². The van der Waals surface area contributed by atoms with Gasteiger partial charge in [0, 0.05) is 5.41 Å². The summed E-state index contributed by atoms with van der Waals surface area (Å²) >= 11 is 0. The van der Waals surface area contributed by atoms with Crippen molar-refractivity contribution >= 4 is 11.9 Å². The molecule has 4 aliphatic rings. The molecule has 4 rings (SSSR count). The van der Waals surface area contributed by atoms with Crippen LogP contribution in [-0.2, 0) is 19.1 Å². The minimum atomic E-state index is -2.08. The van der Waals surface area contributed by atoms with E-state index in [0.717, 1.165) is 0 Å². The minimum absolute atomic E-state index is 0.0543. The fourth-order valence-corrected chi connectivity index (χ4v) is 5.66. The third-order valence-electron chi connectivity index (χ3n) is 7.10. The van der Waals surface area contributed by atoms with E-state index in [1.165, 1.54) is 0 Å². The lowest BCUT2D eigenvalue weighted by Gasteiger charge is -2.64. The number of carbonyl (C=O) groups is 2. The number of hydrogen-bond acceptors (Lipinski definition) is 7. The zero-order valence-electron chi connectivity index (χ0n) is 12.5. The molecule has 7 nitrogen and oxygen atoms in total. The van der Waals surface area contributed by atoms with Crippen LogP contribution in [-0.4, -0.2) is 57.3 Å². The van der Waals surface area contributed by atoms with Crippen molar-refractivity contribution in [1.82, 2.24) is 0 Å². The van der Waals surface area contributed by atoms with Crippen LogP contribution in [0.5, 0.6) is 0 Å². The van der Waals surface area contributed by atoms with Crippen molar-refractivity contribution in [3.05, 3.63) is 0 Å². The van der Waals surface area contributed by atoms with Gasteiger partial charge in [-0.2, -0.15) is 0 Å². The van der Waals surface area contributed by atoms with Crippen molar-refractivity contribution in [1.29, 1.82) is 0 Å². The van der Waals surface area contributed by atoms with E-state index in [1.807, 2.05) is 6.92 Å². The second kappa shape index (κ2) is 3.66. The van der Waals surface area contributed by atoms with Crippen molar-refractivity contribution < 1.29 is 34.4 Å². The maximum Gasteiger partial charge on any atom is 0.342 e. The summed E-state index contributed by atoms with van der Waals surface area (Å²) in [7, 11) is 0. The summed E-state index contributed by atoms with van der Waals surface area (Å²) in [6.45, 7) is 3.30. The number of aliphatic hydroxyl groups is 3. The molecule has 0 aromatic heterocycles. The monoisotopic (exact) mass is 312 g/mol. The summed E-state index contributed by atoms with van der Waals surface area (Å²) in [5.41, 5.74) is -6.10. The Morgan fingerprint density at radius 2 is 1.95 bits per heavy atom. The van der Waals surface area contributed by atoms with Crippen LogP contribution in [0.25, 0.3) is 0 Å². The summed E-state index contributed by atoms with van der Waals surface area (Å²) in [4.78, 5) is 24.3. The average Bonchev–Trinajstić information content (AvgIpc) is 2.87. The van der Waals surface area contributed by atoms with E-state index < -0.39 is 46.2 Å². The van der Waals surface area contributed by atoms with Gasteiger partial charge in [-0.3, -0.25) is 0 Å². The highest BCUT2D eigenvalue weighted by Gasteiger charge is 2.85. The molecule has 1 unspecified atom stereocenters. The molecule has 2 aliphatic carbocycles. The summed E-state index contributed by atoms with van der Waals surface area (Å²) in [6, 6.07) is 0. The van der Waals surface area contributed by atoms with Gasteiger partial charge >= 0.3 is 11.9 Å². The van der Waals surface area contributed by atoms with Crippen molar-refractivity contribution in [3.63, 3.8) is 0 Å². The molecule has 0 aromatic rings. The lowest BCUT2D eigenvalue weighted by Crippen LogP contribution is -2.80. The molecule has 7 atom stereocenters. The minimum Gasteiger partial charge on any atom is -0.463 e. The van der Waals surface area contributed by atoms with Gasteiger partial charge in [0.1, 0.15) is 12.7 Å². The van der Waals surface area contributed by atoms with Crippen LogP contribution in [0, 0.1) is 16.7 Å². The summed E-state index contributed by atoms with van der Waals surface area (Å²) in [5.74, 6) is -1.90. The largest absolute Gasteiger partial charge is 0.463 e. The maximum atomic E-state index is 12.2. The molecule has 1 spiro atoms. The van der Waals surface area contributed by atoms with Gasteiger partial charge < -0.3 is 24.8 Å². The van der Waals surface area contributed by atoms with Crippen LogP contribution in [0.4, 0.5) is 0 Å². The normalized spacial score (nSPS) is 59.6. The van der Waals surface area contributed by atoms with Gasteiger partial charge in [-0.25, -0.2) is 9.59 Å². The van der Waals surface area contributed by atoms with Gasteiger partial charge in [-0.1, -0.05) is 6.92 Å². The van der Waals surface area contributed by atoms with E-state index in [0.29, 0.717) is 12.8 Å². The molecule has 4 fully saturated rings. The number of esters is 2. The van der Waals surface area contributed by atoms with Crippen molar-refractivity contribution in [2.45, 2.75) is 56.5 Å². The standard InChI is InChI=1S/C15H20O7/c1-7-3-4-14(19)12(2)6-21-11(18)15(12,20)8-5-13(7,14)9(16)10(17)22-8/h7-9,16,19-20H,3-6H2,1-2H3/t7-,8+,9+,12+,13+,14+,15?/m1/s1. The lowest BCUT2D eigenvalue weighted by atomic mass is 9.44. The highest BCUT2D eigenvalue weighted by molar-refractivity contribution is 5.87. The number of cyclic esters (lactones) is 1. The molecule has 22 heavy (non-hydrogen) atoms. The van der Waals surface area contributed by atoms with Crippen LogP contribution in [0.1, 0.15) is 33.1 Å². The molecule has 2 aliphatic heterocycles. The van der Waals surface area contributed by atoms with Gasteiger partial charge in [0.2, 0.25) is 5.60 Å². The van der Waals surface area contributed by atoms with Gasteiger partial charge in [0.25, 0.3) is 0 Å². The zero-order chi connectivity index (χ0) is 16.1. The van der Waals surface area contributed by atoms with E-state index >= 15 is 0 Å². The number of fused-ring (bicyclic) bond motifs is 4. The first-order valence-electron chi connectivity index (χ1n) is 7.66. The van der Waals surface area contributed by atoms with Crippen LogP contribution in [0.2, 0.25) is 0 Å². The second-order valence-corrected chi connectivity index (χ2v) is 7.55. The van der Waals surface area contributed by atoms with Crippen LogP contribution in [0.3, 0.4) is 0 Å². The average molecular weight is 312 g/mol. The SMILES string of the molecule is C[C@@H]1CC[C@@]2(O)[C@@]13C[C@H](OC(=O)[C@@H]3O)C1(O)C(=O)OC[C@]12C. The molecule has 0 amide bonds. The zero-order valence-corrected chi connectivity index (χ0v) is 12.5. The first-order chi connectivity index (χ1) is 10.1. The number of hydrogen-bond donors (Lipinski definition) is 3. The Bertz CT molecular complexity index is 590. The quantitative estimate of drug-likeness (QED) is 0.498. The van der Waals surface area contributed by atoms with Gasteiger partial charge in [0.05, 0.1) is 11.0 Å². The number of ether oxygens (including phenoxy) is 2. The van der Waals surface area contributed by atoms with Crippen molar-refractivity contribution in [2.24, 2.45) is 16.7 Å². The molecule has 7 heteroatoms. The Kier molecular flexibility index (Phi) is 2.40. The molecule has 2 bridgehead atoms. The molecule has 2 saturated carbocycles. The molecular weight excluding hydrogens is 292 g/mol. The van der Waals surface area contributed by atoms with E-state index in [4.69, 9.17) is 9.47 Å². The van der Waals surface area contributed by atoms with E-state index in [9.17, 15) is 24.9 Å². The fourth-order valence-electron chi connectivity index (χ4n) is 5.66. The predicted molar refractivity (Wildman–Crippen MR) is 70.3 cm³/mol. The predicted octanol–water partition coefficient (Wildman–Crippen LogP) is -0.882. The van der Waals surface area contributed by atoms with E-state index in [2.05, 4.69) is 0 Å². The second-order valence-electron chi connectivity index (χ2n) is 7.55. The Hall–Kier alpha value is -1.18. The highest BCUT2D eigenvalue weighted by Crippen LogP contribution is 2.71. The lowest BCUT2D eigenvalue weighted by molar-refractivity contribution is -0.320. The Morgan fingerprint density at radius 1 is 1.27 bits per heavy atom. The Morgan fingerprint density at radius 3 is 2.64 bits per heavy atom. The van der Waals surface area contributed by atoms with Crippen molar-refractivity contribution in [3.8, 4) is 0 Å². The van der Waals surface area contributed by atoms with E-state index in [1.54, 1.807) is 6.92 Å². The van der Waals surface area contributed by atoms with Gasteiger partial charge in [-0.05, 0) is 32.1 Å². The molecule has 122 valence electrons. The molecule has 0 radical (unpaired) electrons.